The quantitative estimate of drug-likeness (QED) is 0.783. The summed E-state index contributed by atoms with van der Waals surface area (Å²) in [5.41, 5.74) is 6.96. The fourth-order valence-corrected chi connectivity index (χ4v) is 1.97. The number of hydrogen-bond donors (Lipinski definition) is 1. The Balaban J connectivity index is 1.90. The van der Waals surface area contributed by atoms with Crippen LogP contribution >= 0.6 is 0 Å². The third-order valence-electron chi connectivity index (χ3n) is 2.92. The molecule has 90 valence electrons. The van der Waals surface area contributed by atoms with Crippen LogP contribution in [0, 0.1) is 0 Å². The molecular formula is C11H20N4O. The third-order valence-corrected chi connectivity index (χ3v) is 2.92. The molecule has 5 heteroatoms. The zero-order valence-corrected chi connectivity index (χ0v) is 9.97. The van der Waals surface area contributed by atoms with Gasteiger partial charge in [-0.3, -0.25) is 9.58 Å². The van der Waals surface area contributed by atoms with E-state index < -0.39 is 0 Å². The summed E-state index contributed by atoms with van der Waals surface area (Å²) in [6.45, 7) is 5.50. The van der Waals surface area contributed by atoms with Crippen LogP contribution in [0.1, 0.15) is 12.6 Å². The van der Waals surface area contributed by atoms with E-state index in [1.165, 1.54) is 0 Å². The fraction of sp³-hybridized carbons (Fsp3) is 0.727. The minimum atomic E-state index is 0.0894. The maximum absolute atomic E-state index is 5.86. The van der Waals surface area contributed by atoms with Gasteiger partial charge < -0.3 is 10.5 Å². The molecule has 2 atom stereocenters. The van der Waals surface area contributed by atoms with Crippen molar-refractivity contribution in [1.82, 2.24) is 14.7 Å². The fourth-order valence-electron chi connectivity index (χ4n) is 1.97. The van der Waals surface area contributed by atoms with E-state index in [1.807, 2.05) is 24.9 Å². The highest BCUT2D eigenvalue weighted by Gasteiger charge is 2.23. The van der Waals surface area contributed by atoms with Crippen LogP contribution in [0.4, 0.5) is 0 Å². The normalized spacial score (nSPS) is 24.6. The number of hydrogen-bond acceptors (Lipinski definition) is 4. The van der Waals surface area contributed by atoms with Crippen LogP contribution in [0.25, 0.3) is 0 Å². The number of morpholine rings is 1. The van der Waals surface area contributed by atoms with E-state index in [0.29, 0.717) is 0 Å². The summed E-state index contributed by atoms with van der Waals surface area (Å²) in [4.78, 5) is 2.35. The lowest BCUT2D eigenvalue weighted by Crippen LogP contribution is -2.49. The minimum Gasteiger partial charge on any atom is -0.374 e. The molecule has 2 unspecified atom stereocenters. The van der Waals surface area contributed by atoms with Crippen LogP contribution in [-0.2, 0) is 18.3 Å². The first kappa shape index (κ1) is 11.6. The molecule has 1 aliphatic rings. The molecule has 2 rings (SSSR count). The van der Waals surface area contributed by atoms with E-state index in [2.05, 4.69) is 16.1 Å². The van der Waals surface area contributed by atoms with E-state index in [-0.39, 0.29) is 12.1 Å². The van der Waals surface area contributed by atoms with E-state index in [1.54, 1.807) is 0 Å². The van der Waals surface area contributed by atoms with Gasteiger partial charge in [-0.05, 0) is 13.0 Å². The zero-order chi connectivity index (χ0) is 11.5. The van der Waals surface area contributed by atoms with Crippen LogP contribution in [0.5, 0.6) is 0 Å². The maximum Gasteiger partial charge on any atom is 0.0850 e. The lowest BCUT2D eigenvalue weighted by atomic mass is 10.1. The smallest absolute Gasteiger partial charge is 0.0850 e. The molecule has 0 bridgehead atoms. The van der Waals surface area contributed by atoms with Crippen molar-refractivity contribution in [3.63, 3.8) is 0 Å². The average molecular weight is 224 g/mol. The van der Waals surface area contributed by atoms with Gasteiger partial charge in [-0.25, -0.2) is 0 Å². The Kier molecular flexibility index (Phi) is 3.58. The first-order chi connectivity index (χ1) is 7.65. The molecule has 5 nitrogen and oxygen atoms in total. The monoisotopic (exact) mass is 224 g/mol. The van der Waals surface area contributed by atoms with E-state index in [9.17, 15) is 0 Å². The van der Waals surface area contributed by atoms with Gasteiger partial charge in [0.05, 0.1) is 18.4 Å². The molecule has 1 saturated heterocycles. The summed E-state index contributed by atoms with van der Waals surface area (Å²) in [7, 11) is 1.94. The van der Waals surface area contributed by atoms with Crippen molar-refractivity contribution < 1.29 is 4.74 Å². The standard InChI is InChI=1S/C11H20N4O/c1-9(12)11-8-15(5-6-16-11)7-10-3-4-14(2)13-10/h3-4,9,11H,5-8,12H2,1-2H3. The molecule has 1 aromatic heterocycles. The number of rotatable bonds is 3. The van der Waals surface area contributed by atoms with Crippen LogP contribution in [0.15, 0.2) is 12.3 Å². The highest BCUT2D eigenvalue weighted by molar-refractivity contribution is 4.99. The average Bonchev–Trinajstić information content (AvgIpc) is 2.64. The molecule has 0 aromatic carbocycles. The second kappa shape index (κ2) is 4.95. The van der Waals surface area contributed by atoms with Crippen molar-refractivity contribution >= 4 is 0 Å². The summed E-state index contributed by atoms with van der Waals surface area (Å²) in [6, 6.07) is 2.14. The number of nitrogens with two attached hydrogens (primary N) is 1. The summed E-state index contributed by atoms with van der Waals surface area (Å²) in [5.74, 6) is 0. The van der Waals surface area contributed by atoms with E-state index in [4.69, 9.17) is 10.5 Å². The highest BCUT2D eigenvalue weighted by atomic mass is 16.5. The zero-order valence-electron chi connectivity index (χ0n) is 9.97. The summed E-state index contributed by atoms with van der Waals surface area (Å²) < 4.78 is 7.45. The lowest BCUT2D eigenvalue weighted by molar-refractivity contribution is -0.0407. The van der Waals surface area contributed by atoms with E-state index in [0.717, 1.165) is 31.9 Å². The van der Waals surface area contributed by atoms with Crippen molar-refractivity contribution in [2.45, 2.75) is 25.6 Å². The van der Waals surface area contributed by atoms with Crippen molar-refractivity contribution in [2.75, 3.05) is 19.7 Å². The molecule has 2 N–H and O–H groups in total. The van der Waals surface area contributed by atoms with Crippen LogP contribution in [0.3, 0.4) is 0 Å². The van der Waals surface area contributed by atoms with Gasteiger partial charge in [0.25, 0.3) is 0 Å². The van der Waals surface area contributed by atoms with Gasteiger partial charge in [0.15, 0.2) is 0 Å². The predicted octanol–water partition coefficient (Wildman–Crippen LogP) is -0.0319. The number of aryl methyl sites for hydroxylation is 1. The molecule has 0 spiro atoms. The molecule has 0 saturated carbocycles. The van der Waals surface area contributed by atoms with E-state index >= 15 is 0 Å². The molecule has 0 aliphatic carbocycles. The maximum atomic E-state index is 5.86. The Morgan fingerprint density at radius 1 is 1.69 bits per heavy atom. The van der Waals surface area contributed by atoms with Crippen molar-refractivity contribution in [1.29, 1.82) is 0 Å². The molecule has 1 fully saturated rings. The van der Waals surface area contributed by atoms with Gasteiger partial charge in [-0.15, -0.1) is 0 Å². The van der Waals surface area contributed by atoms with Crippen molar-refractivity contribution in [2.24, 2.45) is 12.8 Å². The molecular weight excluding hydrogens is 204 g/mol. The highest BCUT2D eigenvalue weighted by Crippen LogP contribution is 2.10. The molecule has 1 aliphatic heterocycles. The third kappa shape index (κ3) is 2.81. The van der Waals surface area contributed by atoms with Gasteiger partial charge in [-0.1, -0.05) is 0 Å². The molecule has 0 radical (unpaired) electrons. The molecule has 0 amide bonds. The Hall–Kier alpha value is -0.910. The van der Waals surface area contributed by atoms with Gasteiger partial charge in [0, 0.05) is 38.9 Å². The van der Waals surface area contributed by atoms with Crippen molar-refractivity contribution in [3.8, 4) is 0 Å². The molecule has 1 aromatic rings. The van der Waals surface area contributed by atoms with Crippen LogP contribution in [-0.4, -0.2) is 46.5 Å². The second-order valence-corrected chi connectivity index (χ2v) is 4.48. The van der Waals surface area contributed by atoms with Gasteiger partial charge in [0.1, 0.15) is 0 Å². The van der Waals surface area contributed by atoms with Gasteiger partial charge in [-0.2, -0.15) is 5.10 Å². The largest absolute Gasteiger partial charge is 0.374 e. The predicted molar refractivity (Wildman–Crippen MR) is 61.9 cm³/mol. The molecule has 2 heterocycles. The number of nitrogens with zero attached hydrogens (tertiary/aromatic N) is 3. The Morgan fingerprint density at radius 3 is 3.12 bits per heavy atom. The van der Waals surface area contributed by atoms with Crippen LogP contribution in [0.2, 0.25) is 0 Å². The molecule has 16 heavy (non-hydrogen) atoms. The Labute approximate surface area is 96.2 Å². The minimum absolute atomic E-state index is 0.0894. The van der Waals surface area contributed by atoms with Gasteiger partial charge >= 0.3 is 0 Å². The van der Waals surface area contributed by atoms with Crippen LogP contribution < -0.4 is 5.73 Å². The van der Waals surface area contributed by atoms with Gasteiger partial charge in [0.2, 0.25) is 0 Å². The number of ether oxygens (including phenoxy) is 1. The Morgan fingerprint density at radius 2 is 2.50 bits per heavy atom. The first-order valence-corrected chi connectivity index (χ1v) is 5.73. The summed E-state index contributed by atoms with van der Waals surface area (Å²) in [5, 5.41) is 4.38. The topological polar surface area (TPSA) is 56.3 Å². The SMILES string of the molecule is CC(N)C1CN(Cc2ccn(C)n2)CCO1. The summed E-state index contributed by atoms with van der Waals surface area (Å²) in [6.07, 6.45) is 2.12. The summed E-state index contributed by atoms with van der Waals surface area (Å²) >= 11 is 0. The second-order valence-electron chi connectivity index (χ2n) is 4.48. The number of aromatic nitrogens is 2. The Bertz CT molecular complexity index is 336. The lowest BCUT2D eigenvalue weighted by Gasteiger charge is -2.34. The first-order valence-electron chi connectivity index (χ1n) is 5.73. The van der Waals surface area contributed by atoms with Crippen molar-refractivity contribution in [3.05, 3.63) is 18.0 Å².